The van der Waals surface area contributed by atoms with Crippen molar-refractivity contribution in [3.05, 3.63) is 64.4 Å². The Bertz CT molecular complexity index is 1220. The van der Waals surface area contributed by atoms with Gasteiger partial charge in [0, 0.05) is 23.7 Å². The summed E-state index contributed by atoms with van der Waals surface area (Å²) in [5.74, 6) is -0.133. The SMILES string of the molecule is CC(C)NC(=O)CN(C(=O)Cc1cccc(F)c1)c1nn(C)c2c1COc1ccc(Cl)cc1-2. The summed E-state index contributed by atoms with van der Waals surface area (Å²) < 4.78 is 21.2. The molecule has 0 bridgehead atoms. The highest BCUT2D eigenvalue weighted by Crippen LogP contribution is 2.42. The van der Waals surface area contributed by atoms with E-state index in [1.807, 2.05) is 13.8 Å². The minimum Gasteiger partial charge on any atom is -0.488 e. The van der Waals surface area contributed by atoms with Crippen molar-refractivity contribution in [2.75, 3.05) is 11.4 Å². The van der Waals surface area contributed by atoms with Crippen LogP contribution in [-0.2, 0) is 29.7 Å². The molecular formula is C24H24ClFN4O3. The van der Waals surface area contributed by atoms with Crippen LogP contribution in [0.3, 0.4) is 0 Å². The number of aryl methyl sites for hydroxylation is 1. The van der Waals surface area contributed by atoms with Gasteiger partial charge in [-0.1, -0.05) is 23.7 Å². The molecule has 0 saturated heterocycles. The van der Waals surface area contributed by atoms with E-state index in [4.69, 9.17) is 16.3 Å². The van der Waals surface area contributed by atoms with Gasteiger partial charge in [0.25, 0.3) is 0 Å². The second kappa shape index (κ2) is 9.23. The number of carbonyl (C=O) groups is 2. The number of anilines is 1. The summed E-state index contributed by atoms with van der Waals surface area (Å²) in [5.41, 5.74) is 2.71. The summed E-state index contributed by atoms with van der Waals surface area (Å²) in [7, 11) is 1.77. The summed E-state index contributed by atoms with van der Waals surface area (Å²) in [5, 5.41) is 7.93. The summed E-state index contributed by atoms with van der Waals surface area (Å²) in [6.07, 6.45) is -0.0820. The monoisotopic (exact) mass is 470 g/mol. The van der Waals surface area contributed by atoms with E-state index in [1.54, 1.807) is 42.1 Å². The molecule has 172 valence electrons. The number of nitrogens with one attached hydrogen (secondary N) is 1. The maximum Gasteiger partial charge on any atom is 0.240 e. The molecule has 0 aliphatic carbocycles. The Hall–Kier alpha value is -3.39. The van der Waals surface area contributed by atoms with Gasteiger partial charge >= 0.3 is 0 Å². The average Bonchev–Trinajstić information content (AvgIpc) is 3.08. The van der Waals surface area contributed by atoms with Crippen LogP contribution in [0.25, 0.3) is 11.3 Å². The first-order valence-electron chi connectivity index (χ1n) is 10.6. The van der Waals surface area contributed by atoms with Crippen LogP contribution in [0.5, 0.6) is 5.75 Å². The molecule has 2 amide bonds. The third-order valence-corrected chi connectivity index (χ3v) is 5.48. The Kier molecular flexibility index (Phi) is 6.37. The minimum atomic E-state index is -0.429. The zero-order valence-corrected chi connectivity index (χ0v) is 19.3. The maximum absolute atomic E-state index is 13.7. The molecule has 7 nitrogen and oxygen atoms in total. The predicted octanol–water partition coefficient (Wildman–Crippen LogP) is 3.87. The highest BCUT2D eigenvalue weighted by atomic mass is 35.5. The third kappa shape index (κ3) is 4.85. The Morgan fingerprint density at radius 2 is 2.06 bits per heavy atom. The number of fused-ring (bicyclic) bond motifs is 3. The van der Waals surface area contributed by atoms with Crippen molar-refractivity contribution in [2.45, 2.75) is 32.9 Å². The summed E-state index contributed by atoms with van der Waals surface area (Å²) in [6.45, 7) is 3.64. The number of halogens is 2. The van der Waals surface area contributed by atoms with Gasteiger partial charge in [0.15, 0.2) is 5.82 Å². The van der Waals surface area contributed by atoms with E-state index in [0.29, 0.717) is 27.7 Å². The lowest BCUT2D eigenvalue weighted by molar-refractivity contribution is -0.124. The smallest absolute Gasteiger partial charge is 0.240 e. The molecule has 1 N–H and O–H groups in total. The highest BCUT2D eigenvalue weighted by Gasteiger charge is 2.31. The molecule has 33 heavy (non-hydrogen) atoms. The third-order valence-electron chi connectivity index (χ3n) is 5.25. The predicted molar refractivity (Wildman–Crippen MR) is 124 cm³/mol. The molecule has 1 aromatic heterocycles. The number of amides is 2. The molecule has 4 rings (SSSR count). The van der Waals surface area contributed by atoms with Crippen molar-refractivity contribution in [2.24, 2.45) is 7.05 Å². The number of hydrogen-bond donors (Lipinski definition) is 1. The van der Waals surface area contributed by atoms with E-state index in [9.17, 15) is 14.0 Å². The van der Waals surface area contributed by atoms with Crippen molar-refractivity contribution in [3.8, 4) is 17.0 Å². The van der Waals surface area contributed by atoms with Gasteiger partial charge in [-0.15, -0.1) is 0 Å². The molecule has 1 aliphatic rings. The zero-order chi connectivity index (χ0) is 23.7. The van der Waals surface area contributed by atoms with E-state index in [2.05, 4.69) is 10.4 Å². The Morgan fingerprint density at radius 1 is 1.27 bits per heavy atom. The molecule has 0 saturated carbocycles. The fourth-order valence-electron chi connectivity index (χ4n) is 3.91. The van der Waals surface area contributed by atoms with E-state index >= 15 is 0 Å². The van der Waals surface area contributed by atoms with E-state index in [-0.39, 0.29) is 37.4 Å². The molecule has 9 heteroatoms. The highest BCUT2D eigenvalue weighted by molar-refractivity contribution is 6.31. The Morgan fingerprint density at radius 3 is 2.79 bits per heavy atom. The lowest BCUT2D eigenvalue weighted by Crippen LogP contribution is -2.44. The second-order valence-electron chi connectivity index (χ2n) is 8.21. The molecule has 0 unspecified atom stereocenters. The quantitative estimate of drug-likeness (QED) is 0.593. The van der Waals surface area contributed by atoms with Crippen LogP contribution in [0.1, 0.15) is 25.0 Å². The largest absolute Gasteiger partial charge is 0.488 e. The summed E-state index contributed by atoms with van der Waals surface area (Å²) in [6, 6.07) is 11.1. The van der Waals surface area contributed by atoms with Crippen LogP contribution in [0.2, 0.25) is 5.02 Å². The molecule has 2 heterocycles. The number of nitrogens with zero attached hydrogens (tertiary/aromatic N) is 3. The fraction of sp³-hybridized carbons (Fsp3) is 0.292. The Labute approximate surface area is 196 Å². The number of hydrogen-bond acceptors (Lipinski definition) is 4. The van der Waals surface area contributed by atoms with Crippen LogP contribution in [0, 0.1) is 5.82 Å². The first-order valence-corrected chi connectivity index (χ1v) is 10.9. The molecule has 2 aromatic carbocycles. The van der Waals surface area contributed by atoms with Gasteiger partial charge in [-0.3, -0.25) is 19.2 Å². The lowest BCUT2D eigenvalue weighted by atomic mass is 10.0. The minimum absolute atomic E-state index is 0.0820. The number of aromatic nitrogens is 2. The Balaban J connectivity index is 1.74. The van der Waals surface area contributed by atoms with Gasteiger partial charge < -0.3 is 10.1 Å². The second-order valence-corrected chi connectivity index (χ2v) is 8.65. The molecule has 3 aromatic rings. The van der Waals surface area contributed by atoms with Crippen molar-refractivity contribution in [1.29, 1.82) is 0 Å². The topological polar surface area (TPSA) is 76.5 Å². The number of benzene rings is 2. The first-order chi connectivity index (χ1) is 15.7. The molecule has 0 spiro atoms. The van der Waals surface area contributed by atoms with Gasteiger partial charge in [-0.05, 0) is 49.7 Å². The van der Waals surface area contributed by atoms with E-state index in [0.717, 1.165) is 11.3 Å². The molecular weight excluding hydrogens is 447 g/mol. The fourth-order valence-corrected chi connectivity index (χ4v) is 4.08. The van der Waals surface area contributed by atoms with Crippen molar-refractivity contribution < 1.29 is 18.7 Å². The number of ether oxygens (including phenoxy) is 1. The molecule has 0 radical (unpaired) electrons. The van der Waals surface area contributed by atoms with Crippen LogP contribution in [0.4, 0.5) is 10.2 Å². The van der Waals surface area contributed by atoms with Crippen LogP contribution in [0.15, 0.2) is 42.5 Å². The van der Waals surface area contributed by atoms with Crippen molar-refractivity contribution >= 4 is 29.2 Å². The van der Waals surface area contributed by atoms with Gasteiger partial charge in [0.1, 0.15) is 24.7 Å². The summed E-state index contributed by atoms with van der Waals surface area (Å²) >= 11 is 6.20. The van der Waals surface area contributed by atoms with Crippen molar-refractivity contribution in [3.63, 3.8) is 0 Å². The van der Waals surface area contributed by atoms with Crippen LogP contribution >= 0.6 is 11.6 Å². The number of rotatable bonds is 6. The molecule has 0 fully saturated rings. The van der Waals surface area contributed by atoms with Crippen LogP contribution < -0.4 is 15.0 Å². The first kappa shape index (κ1) is 22.8. The van der Waals surface area contributed by atoms with E-state index in [1.165, 1.54) is 17.0 Å². The maximum atomic E-state index is 13.7. The standard InChI is InChI=1S/C24H24ClFN4O3/c1-14(2)27-21(31)12-30(22(32)10-15-5-4-6-17(26)9-15)24-19-13-33-20-8-7-16(25)11-18(20)23(19)29(3)28-24/h4-9,11,14H,10,12-13H2,1-3H3,(H,27,31). The van der Waals surface area contributed by atoms with Crippen LogP contribution in [-0.4, -0.2) is 34.2 Å². The number of carbonyl (C=O) groups excluding carboxylic acids is 2. The zero-order valence-electron chi connectivity index (χ0n) is 18.6. The normalized spacial score (nSPS) is 12.1. The van der Waals surface area contributed by atoms with E-state index < -0.39 is 5.82 Å². The van der Waals surface area contributed by atoms with Gasteiger partial charge in [0.2, 0.25) is 11.8 Å². The van der Waals surface area contributed by atoms with Gasteiger partial charge in [-0.25, -0.2) is 4.39 Å². The lowest BCUT2D eigenvalue weighted by Gasteiger charge is -2.24. The molecule has 1 aliphatic heterocycles. The van der Waals surface area contributed by atoms with Crippen molar-refractivity contribution in [1.82, 2.24) is 15.1 Å². The van der Waals surface area contributed by atoms with Gasteiger partial charge in [0.05, 0.1) is 17.7 Å². The summed E-state index contributed by atoms with van der Waals surface area (Å²) in [4.78, 5) is 27.3. The average molecular weight is 471 g/mol. The van der Waals surface area contributed by atoms with Gasteiger partial charge in [-0.2, -0.15) is 5.10 Å². The molecule has 0 atom stereocenters.